The van der Waals surface area contributed by atoms with Gasteiger partial charge in [0.15, 0.2) is 0 Å². The fraction of sp³-hybridized carbons (Fsp3) is 0.292. The number of rotatable bonds is 5. The van der Waals surface area contributed by atoms with Crippen molar-refractivity contribution in [2.45, 2.75) is 18.6 Å². The number of H-pyrrole nitrogens is 2. The lowest BCUT2D eigenvalue weighted by molar-refractivity contribution is 0.111. The van der Waals surface area contributed by atoms with Gasteiger partial charge in [0.1, 0.15) is 12.4 Å². The summed E-state index contributed by atoms with van der Waals surface area (Å²) in [6.07, 6.45) is 1.26. The smallest absolute Gasteiger partial charge is 0.257 e. The number of aromatic amines is 2. The van der Waals surface area contributed by atoms with E-state index < -0.39 is 0 Å². The van der Waals surface area contributed by atoms with Crippen molar-refractivity contribution in [1.29, 1.82) is 0 Å². The molecule has 5 rings (SSSR count). The van der Waals surface area contributed by atoms with Crippen molar-refractivity contribution in [2.75, 3.05) is 27.3 Å². The Labute approximate surface area is 174 Å². The quantitative estimate of drug-likeness (QED) is 0.532. The number of nitrogens with one attached hydrogen (secondary N) is 2. The van der Waals surface area contributed by atoms with Crippen molar-refractivity contribution < 1.29 is 9.47 Å². The average molecular weight is 403 g/mol. The molecule has 4 aromatic rings. The maximum atomic E-state index is 12.6. The van der Waals surface area contributed by atoms with E-state index >= 15 is 0 Å². The van der Waals surface area contributed by atoms with Crippen LogP contribution in [0.5, 0.6) is 5.75 Å². The molecule has 1 saturated heterocycles. The number of hydrogen-bond donors (Lipinski definition) is 2. The van der Waals surface area contributed by atoms with Crippen LogP contribution in [0, 0.1) is 0 Å². The molecular weight excluding hydrogens is 378 g/mol. The molecule has 2 N–H and O–H groups in total. The SMILES string of the molecule is CO[C@@H]1C[C@@H](COc2ccc3[nH]c(-c4cc5ccccc5[nH]c4=O)cc3c2)N(C)C1. The number of benzene rings is 2. The third kappa shape index (κ3) is 3.49. The number of pyridine rings is 1. The predicted molar refractivity (Wildman–Crippen MR) is 119 cm³/mol. The van der Waals surface area contributed by atoms with Gasteiger partial charge in [0, 0.05) is 36.1 Å². The molecule has 0 amide bonds. The van der Waals surface area contributed by atoms with Gasteiger partial charge in [-0.2, -0.15) is 0 Å². The molecule has 0 saturated carbocycles. The van der Waals surface area contributed by atoms with Crippen molar-refractivity contribution in [3.8, 4) is 17.0 Å². The second-order valence-electron chi connectivity index (χ2n) is 8.03. The third-order valence-corrected chi connectivity index (χ3v) is 6.06. The molecule has 0 spiro atoms. The van der Waals surface area contributed by atoms with Crippen LogP contribution in [0.4, 0.5) is 0 Å². The zero-order valence-corrected chi connectivity index (χ0v) is 17.1. The number of para-hydroxylation sites is 1. The number of likely N-dealkylation sites (tertiary alicyclic amines) is 1. The standard InChI is InChI=1S/C24H25N3O3/c1-27-13-19(29-2)12-17(27)14-30-18-7-8-22-16(9-18)11-23(25-22)20-10-15-5-3-4-6-21(15)26-24(20)28/h3-11,17,19,25H,12-14H2,1-2H3,(H,26,28)/t17-,19+/m0/s1. The van der Waals surface area contributed by atoms with Crippen LogP contribution >= 0.6 is 0 Å². The topological polar surface area (TPSA) is 70.3 Å². The number of methoxy groups -OCH3 is 1. The summed E-state index contributed by atoms with van der Waals surface area (Å²) in [5.41, 5.74) is 3.14. The summed E-state index contributed by atoms with van der Waals surface area (Å²) < 4.78 is 11.6. The molecular formula is C24H25N3O3. The summed E-state index contributed by atoms with van der Waals surface area (Å²) in [6.45, 7) is 1.56. The molecule has 2 atom stereocenters. The van der Waals surface area contributed by atoms with E-state index in [0.29, 0.717) is 18.2 Å². The van der Waals surface area contributed by atoms with Crippen LogP contribution in [0.2, 0.25) is 0 Å². The van der Waals surface area contributed by atoms with E-state index in [9.17, 15) is 4.79 Å². The molecule has 6 nitrogen and oxygen atoms in total. The Kier molecular flexibility index (Phi) is 4.81. The highest BCUT2D eigenvalue weighted by atomic mass is 16.5. The zero-order chi connectivity index (χ0) is 20.7. The molecule has 1 aliphatic heterocycles. The fourth-order valence-electron chi connectivity index (χ4n) is 4.28. The number of hydrogen-bond acceptors (Lipinski definition) is 4. The zero-order valence-electron chi connectivity index (χ0n) is 17.1. The third-order valence-electron chi connectivity index (χ3n) is 6.06. The lowest BCUT2D eigenvalue weighted by Crippen LogP contribution is -2.30. The number of nitrogens with zero attached hydrogens (tertiary/aromatic N) is 1. The van der Waals surface area contributed by atoms with E-state index in [-0.39, 0.29) is 11.7 Å². The van der Waals surface area contributed by atoms with Gasteiger partial charge < -0.3 is 19.4 Å². The van der Waals surface area contributed by atoms with Crippen LogP contribution in [0.3, 0.4) is 0 Å². The van der Waals surface area contributed by atoms with Gasteiger partial charge in [-0.15, -0.1) is 0 Å². The van der Waals surface area contributed by atoms with Gasteiger partial charge in [0.25, 0.3) is 5.56 Å². The molecule has 30 heavy (non-hydrogen) atoms. The second-order valence-corrected chi connectivity index (χ2v) is 8.03. The summed E-state index contributed by atoms with van der Waals surface area (Å²) in [5, 5.41) is 2.02. The van der Waals surface area contributed by atoms with Crippen molar-refractivity contribution in [3.63, 3.8) is 0 Å². The minimum Gasteiger partial charge on any atom is -0.492 e. The molecule has 0 aliphatic carbocycles. The molecule has 0 unspecified atom stereocenters. The van der Waals surface area contributed by atoms with Gasteiger partial charge in [-0.25, -0.2) is 0 Å². The van der Waals surface area contributed by atoms with Gasteiger partial charge in [-0.1, -0.05) is 18.2 Å². The summed E-state index contributed by atoms with van der Waals surface area (Å²) in [7, 11) is 3.87. The van der Waals surface area contributed by atoms with E-state index in [1.165, 1.54) is 0 Å². The molecule has 1 aliphatic rings. The highest BCUT2D eigenvalue weighted by Crippen LogP contribution is 2.27. The fourth-order valence-corrected chi connectivity index (χ4v) is 4.28. The molecule has 2 aromatic heterocycles. The molecule has 154 valence electrons. The van der Waals surface area contributed by atoms with Crippen molar-refractivity contribution in [3.05, 3.63) is 65.0 Å². The Morgan fingerprint density at radius 2 is 1.87 bits per heavy atom. The number of aromatic nitrogens is 2. The van der Waals surface area contributed by atoms with E-state index in [4.69, 9.17) is 9.47 Å². The Morgan fingerprint density at radius 1 is 1.03 bits per heavy atom. The van der Waals surface area contributed by atoms with Crippen molar-refractivity contribution >= 4 is 21.8 Å². The Bertz CT molecular complexity index is 1260. The minimum atomic E-state index is -0.103. The normalized spacial score (nSPS) is 19.7. The van der Waals surface area contributed by atoms with Crippen molar-refractivity contribution in [2.24, 2.45) is 0 Å². The number of fused-ring (bicyclic) bond motifs is 2. The number of likely N-dealkylation sites (N-methyl/N-ethyl adjacent to an activating group) is 1. The molecule has 1 fully saturated rings. The lowest BCUT2D eigenvalue weighted by Gasteiger charge is -2.19. The Balaban J connectivity index is 1.39. The highest BCUT2D eigenvalue weighted by molar-refractivity contribution is 5.89. The minimum absolute atomic E-state index is 0.103. The van der Waals surface area contributed by atoms with Crippen LogP contribution in [0.25, 0.3) is 33.1 Å². The molecule has 0 bridgehead atoms. The van der Waals surface area contributed by atoms with Crippen LogP contribution in [-0.2, 0) is 4.74 Å². The van der Waals surface area contributed by atoms with Gasteiger partial charge in [0.05, 0.1) is 17.4 Å². The van der Waals surface area contributed by atoms with E-state index in [0.717, 1.165) is 46.2 Å². The van der Waals surface area contributed by atoms with Crippen LogP contribution in [-0.4, -0.2) is 54.3 Å². The van der Waals surface area contributed by atoms with Crippen LogP contribution in [0.15, 0.2) is 59.4 Å². The largest absolute Gasteiger partial charge is 0.492 e. The Hall–Kier alpha value is -3.09. The van der Waals surface area contributed by atoms with E-state index in [2.05, 4.69) is 21.9 Å². The van der Waals surface area contributed by atoms with Gasteiger partial charge >= 0.3 is 0 Å². The van der Waals surface area contributed by atoms with E-state index in [1.54, 1.807) is 7.11 Å². The molecule has 6 heteroatoms. The summed E-state index contributed by atoms with van der Waals surface area (Å²) >= 11 is 0. The van der Waals surface area contributed by atoms with E-state index in [1.807, 2.05) is 54.6 Å². The van der Waals surface area contributed by atoms with Gasteiger partial charge in [-0.3, -0.25) is 9.69 Å². The predicted octanol–water partition coefficient (Wildman–Crippen LogP) is 3.77. The van der Waals surface area contributed by atoms with Crippen molar-refractivity contribution in [1.82, 2.24) is 14.9 Å². The summed E-state index contributed by atoms with van der Waals surface area (Å²) in [6, 6.07) is 18.1. The first-order valence-corrected chi connectivity index (χ1v) is 10.2. The first-order chi connectivity index (χ1) is 14.6. The summed E-state index contributed by atoms with van der Waals surface area (Å²) in [4.78, 5) is 21.2. The molecule has 0 radical (unpaired) electrons. The average Bonchev–Trinajstić information content (AvgIpc) is 3.34. The lowest BCUT2D eigenvalue weighted by atomic mass is 10.1. The maximum Gasteiger partial charge on any atom is 0.257 e. The first kappa shape index (κ1) is 18.9. The van der Waals surface area contributed by atoms with Gasteiger partial charge in [-0.05, 0) is 55.3 Å². The molecule has 2 aromatic carbocycles. The summed E-state index contributed by atoms with van der Waals surface area (Å²) in [5.74, 6) is 0.828. The number of ether oxygens (including phenoxy) is 2. The first-order valence-electron chi connectivity index (χ1n) is 10.2. The molecule has 3 heterocycles. The highest BCUT2D eigenvalue weighted by Gasteiger charge is 2.29. The monoisotopic (exact) mass is 403 g/mol. The maximum absolute atomic E-state index is 12.6. The van der Waals surface area contributed by atoms with Crippen LogP contribution < -0.4 is 10.3 Å². The second kappa shape index (κ2) is 7.63. The van der Waals surface area contributed by atoms with Crippen LogP contribution in [0.1, 0.15) is 6.42 Å². The Morgan fingerprint density at radius 3 is 2.70 bits per heavy atom. The van der Waals surface area contributed by atoms with Gasteiger partial charge in [0.2, 0.25) is 0 Å².